The number of pyridine rings is 1. The molecule has 19 heavy (non-hydrogen) atoms. The molecule has 0 saturated carbocycles. The molecule has 1 amide bonds. The van der Waals surface area contributed by atoms with Gasteiger partial charge in [-0.3, -0.25) is 9.59 Å². The van der Waals surface area contributed by atoms with Crippen molar-refractivity contribution < 1.29 is 19.1 Å². The number of aliphatic carboxylic acids is 1. The van der Waals surface area contributed by atoms with Crippen molar-refractivity contribution in [3.05, 3.63) is 29.8 Å². The van der Waals surface area contributed by atoms with E-state index in [0.717, 1.165) is 12.3 Å². The molecule has 1 aromatic rings. The Morgan fingerprint density at radius 2 is 2.11 bits per heavy atom. The lowest BCUT2D eigenvalue weighted by Crippen LogP contribution is -2.36. The van der Waals surface area contributed by atoms with Crippen molar-refractivity contribution in [1.29, 1.82) is 0 Å². The molecule has 0 spiro atoms. The summed E-state index contributed by atoms with van der Waals surface area (Å²) in [5.74, 6) is -1.65. The zero-order valence-corrected chi connectivity index (χ0v) is 11.0. The molecule has 1 N–H and O–H groups in total. The number of carboxylic acid groups (broad SMARTS) is 1. The topological polar surface area (TPSA) is 70.5 Å². The molecule has 6 heteroatoms. The first-order valence-electron chi connectivity index (χ1n) is 6.02. The fraction of sp³-hybridized carbons (Fsp3) is 0.462. The third kappa shape index (κ3) is 5.03. The number of carbonyl (C=O) groups is 2. The van der Waals surface area contributed by atoms with E-state index in [1.807, 2.05) is 13.8 Å². The van der Waals surface area contributed by atoms with Crippen LogP contribution in [0.25, 0.3) is 0 Å². The SMILES string of the molecule is CC(C)CN(CCC(=O)O)C(=O)c1ccc(F)cn1. The van der Waals surface area contributed by atoms with Crippen LogP contribution in [0.1, 0.15) is 30.8 Å². The molecule has 0 fully saturated rings. The van der Waals surface area contributed by atoms with Gasteiger partial charge in [0.2, 0.25) is 0 Å². The van der Waals surface area contributed by atoms with Crippen LogP contribution >= 0.6 is 0 Å². The minimum atomic E-state index is -0.964. The van der Waals surface area contributed by atoms with E-state index in [1.165, 1.54) is 11.0 Å². The molecule has 104 valence electrons. The first-order valence-corrected chi connectivity index (χ1v) is 6.02. The van der Waals surface area contributed by atoms with Gasteiger partial charge >= 0.3 is 5.97 Å². The molecule has 0 radical (unpaired) electrons. The van der Waals surface area contributed by atoms with Crippen LogP contribution in [0.2, 0.25) is 0 Å². The number of carboxylic acids is 1. The van der Waals surface area contributed by atoms with Crippen LogP contribution in [0.15, 0.2) is 18.3 Å². The van der Waals surface area contributed by atoms with E-state index in [9.17, 15) is 14.0 Å². The van der Waals surface area contributed by atoms with Crippen molar-refractivity contribution in [3.8, 4) is 0 Å². The van der Waals surface area contributed by atoms with E-state index < -0.39 is 11.8 Å². The van der Waals surface area contributed by atoms with Crippen LogP contribution in [0.4, 0.5) is 4.39 Å². The van der Waals surface area contributed by atoms with Gasteiger partial charge in [0.05, 0.1) is 12.6 Å². The minimum absolute atomic E-state index is 0.116. The number of amides is 1. The van der Waals surface area contributed by atoms with Gasteiger partial charge in [0, 0.05) is 13.1 Å². The van der Waals surface area contributed by atoms with E-state index in [4.69, 9.17) is 5.11 Å². The number of hydrogen-bond donors (Lipinski definition) is 1. The maximum Gasteiger partial charge on any atom is 0.305 e. The van der Waals surface area contributed by atoms with Crippen LogP contribution in [-0.2, 0) is 4.79 Å². The molecule has 1 heterocycles. The highest BCUT2D eigenvalue weighted by Gasteiger charge is 2.18. The van der Waals surface area contributed by atoms with Crippen molar-refractivity contribution >= 4 is 11.9 Å². The smallest absolute Gasteiger partial charge is 0.305 e. The largest absolute Gasteiger partial charge is 0.481 e. The Bertz CT molecular complexity index is 446. The normalized spacial score (nSPS) is 10.5. The van der Waals surface area contributed by atoms with Crippen LogP contribution in [-0.4, -0.2) is 40.0 Å². The molecule has 0 aliphatic carbocycles. The molecule has 0 aromatic carbocycles. The maximum absolute atomic E-state index is 12.8. The average molecular weight is 268 g/mol. The van der Waals surface area contributed by atoms with Crippen LogP contribution in [0.3, 0.4) is 0 Å². The third-order valence-electron chi connectivity index (χ3n) is 2.41. The number of hydrogen-bond acceptors (Lipinski definition) is 3. The second-order valence-electron chi connectivity index (χ2n) is 4.65. The van der Waals surface area contributed by atoms with Crippen molar-refractivity contribution in [2.75, 3.05) is 13.1 Å². The molecule has 0 unspecified atom stereocenters. The summed E-state index contributed by atoms with van der Waals surface area (Å²) < 4.78 is 12.8. The predicted octanol–water partition coefficient (Wildman–Crippen LogP) is 1.79. The van der Waals surface area contributed by atoms with E-state index in [1.54, 1.807) is 0 Å². The lowest BCUT2D eigenvalue weighted by atomic mass is 10.2. The summed E-state index contributed by atoms with van der Waals surface area (Å²) >= 11 is 0. The lowest BCUT2D eigenvalue weighted by molar-refractivity contribution is -0.137. The first-order chi connectivity index (χ1) is 8.90. The molecule has 5 nitrogen and oxygen atoms in total. The van der Waals surface area contributed by atoms with Gasteiger partial charge in [-0.25, -0.2) is 9.37 Å². The van der Waals surface area contributed by atoms with Crippen LogP contribution in [0, 0.1) is 11.7 Å². The van der Waals surface area contributed by atoms with Crippen molar-refractivity contribution in [2.45, 2.75) is 20.3 Å². The molecular weight excluding hydrogens is 251 g/mol. The second-order valence-corrected chi connectivity index (χ2v) is 4.65. The maximum atomic E-state index is 12.8. The number of nitrogens with zero attached hydrogens (tertiary/aromatic N) is 2. The fourth-order valence-electron chi connectivity index (χ4n) is 1.61. The Balaban J connectivity index is 2.80. The zero-order valence-electron chi connectivity index (χ0n) is 11.0. The highest BCUT2D eigenvalue weighted by molar-refractivity contribution is 5.92. The monoisotopic (exact) mass is 268 g/mol. The number of carbonyl (C=O) groups excluding carboxylic acids is 1. The minimum Gasteiger partial charge on any atom is -0.481 e. The van der Waals surface area contributed by atoms with Gasteiger partial charge in [0.25, 0.3) is 5.91 Å². The molecule has 1 aromatic heterocycles. The van der Waals surface area contributed by atoms with Gasteiger partial charge in [-0.15, -0.1) is 0 Å². The Labute approximate surface area is 111 Å². The van der Waals surface area contributed by atoms with Crippen molar-refractivity contribution in [1.82, 2.24) is 9.88 Å². The van der Waals surface area contributed by atoms with Gasteiger partial charge in [-0.1, -0.05) is 13.8 Å². The number of rotatable bonds is 6. The van der Waals surface area contributed by atoms with E-state index in [-0.39, 0.29) is 30.5 Å². The fourth-order valence-corrected chi connectivity index (χ4v) is 1.61. The highest BCUT2D eigenvalue weighted by Crippen LogP contribution is 2.07. The van der Waals surface area contributed by atoms with Gasteiger partial charge in [-0.05, 0) is 18.1 Å². The summed E-state index contributed by atoms with van der Waals surface area (Å²) in [6.07, 6.45) is 0.845. The van der Waals surface area contributed by atoms with Gasteiger partial charge in [0.1, 0.15) is 11.5 Å². The van der Waals surface area contributed by atoms with E-state index in [2.05, 4.69) is 4.98 Å². The Hall–Kier alpha value is -1.98. The lowest BCUT2D eigenvalue weighted by Gasteiger charge is -2.23. The average Bonchev–Trinajstić information content (AvgIpc) is 2.34. The van der Waals surface area contributed by atoms with Gasteiger partial charge in [-0.2, -0.15) is 0 Å². The van der Waals surface area contributed by atoms with Gasteiger partial charge in [0.15, 0.2) is 0 Å². The standard InChI is InChI=1S/C13H17FN2O3/c1-9(2)8-16(6-5-12(17)18)13(19)11-4-3-10(14)7-15-11/h3-4,7,9H,5-6,8H2,1-2H3,(H,17,18). The number of aromatic nitrogens is 1. The predicted molar refractivity (Wildman–Crippen MR) is 67.2 cm³/mol. The van der Waals surface area contributed by atoms with Crippen LogP contribution in [0.5, 0.6) is 0 Å². The first kappa shape index (κ1) is 15.1. The summed E-state index contributed by atoms with van der Waals surface area (Å²) in [7, 11) is 0. The van der Waals surface area contributed by atoms with Gasteiger partial charge < -0.3 is 10.0 Å². The molecule has 0 atom stereocenters. The molecule has 0 bridgehead atoms. The second kappa shape index (κ2) is 6.82. The number of halogens is 1. The summed E-state index contributed by atoms with van der Waals surface area (Å²) in [5.41, 5.74) is 0.118. The van der Waals surface area contributed by atoms with Crippen molar-refractivity contribution in [3.63, 3.8) is 0 Å². The summed E-state index contributed by atoms with van der Waals surface area (Å²) in [6.45, 7) is 4.41. The molecule has 0 aliphatic rings. The Morgan fingerprint density at radius 1 is 1.42 bits per heavy atom. The Morgan fingerprint density at radius 3 is 2.58 bits per heavy atom. The van der Waals surface area contributed by atoms with E-state index >= 15 is 0 Å². The Kier molecular flexibility index (Phi) is 5.41. The molecular formula is C13H17FN2O3. The summed E-state index contributed by atoms with van der Waals surface area (Å²) in [5, 5.41) is 8.68. The molecule has 0 aliphatic heterocycles. The summed E-state index contributed by atoms with van der Waals surface area (Å²) in [4.78, 5) is 27.9. The van der Waals surface area contributed by atoms with Crippen molar-refractivity contribution in [2.24, 2.45) is 5.92 Å². The van der Waals surface area contributed by atoms with E-state index in [0.29, 0.717) is 6.54 Å². The molecule has 0 saturated heterocycles. The zero-order chi connectivity index (χ0) is 14.4. The highest BCUT2D eigenvalue weighted by atomic mass is 19.1. The molecule has 1 rings (SSSR count). The van der Waals surface area contributed by atoms with Crippen LogP contribution < -0.4 is 0 Å². The third-order valence-corrected chi connectivity index (χ3v) is 2.41. The summed E-state index contributed by atoms with van der Waals surface area (Å²) in [6, 6.07) is 2.46. The quantitative estimate of drug-likeness (QED) is 0.854.